The maximum absolute atomic E-state index is 12.1. The van der Waals surface area contributed by atoms with Crippen LogP contribution in [0.5, 0.6) is 5.75 Å². The molecule has 0 aliphatic carbocycles. The molecule has 0 saturated carbocycles. The van der Waals surface area contributed by atoms with Gasteiger partial charge in [0.05, 0.1) is 12.2 Å². The van der Waals surface area contributed by atoms with Gasteiger partial charge in [0.15, 0.2) is 6.61 Å². The second-order valence-electron chi connectivity index (χ2n) is 4.87. The molecule has 5 nitrogen and oxygen atoms in total. The number of aromatic nitrogens is 1. The van der Waals surface area contributed by atoms with Crippen LogP contribution in [0.4, 0.5) is 11.4 Å². The van der Waals surface area contributed by atoms with E-state index in [0.29, 0.717) is 23.7 Å². The maximum atomic E-state index is 12.1. The second-order valence-corrected chi connectivity index (χ2v) is 4.87. The molecule has 2 heterocycles. The van der Waals surface area contributed by atoms with Crippen LogP contribution < -0.4 is 15.4 Å². The van der Waals surface area contributed by atoms with Gasteiger partial charge in [-0.25, -0.2) is 0 Å². The molecule has 102 valence electrons. The standard InChI is InChI=1S/C15H15N3O2/c1-10-4-11(7-17-6-10)8-18-13-5-12(16)2-3-14(13)20-9-15(18)19/h2-7H,8-9,16H2,1H3. The highest BCUT2D eigenvalue weighted by atomic mass is 16.5. The molecule has 5 heteroatoms. The predicted molar refractivity (Wildman–Crippen MR) is 76.5 cm³/mol. The lowest BCUT2D eigenvalue weighted by Gasteiger charge is -2.29. The first kappa shape index (κ1) is 12.5. The van der Waals surface area contributed by atoms with Gasteiger partial charge in [-0.15, -0.1) is 0 Å². The van der Waals surface area contributed by atoms with Crippen molar-refractivity contribution in [2.24, 2.45) is 0 Å². The van der Waals surface area contributed by atoms with Crippen molar-refractivity contribution >= 4 is 17.3 Å². The number of nitrogen functional groups attached to an aromatic ring is 1. The number of hydrogen-bond donors (Lipinski definition) is 1. The van der Waals surface area contributed by atoms with Crippen molar-refractivity contribution in [3.8, 4) is 5.75 Å². The summed E-state index contributed by atoms with van der Waals surface area (Å²) in [5, 5.41) is 0. The molecule has 0 radical (unpaired) electrons. The predicted octanol–water partition coefficient (Wildman–Crippen LogP) is 1.90. The van der Waals surface area contributed by atoms with Crippen LogP contribution in [0.1, 0.15) is 11.1 Å². The Morgan fingerprint density at radius 1 is 1.35 bits per heavy atom. The molecule has 0 fully saturated rings. The Hall–Kier alpha value is -2.56. The number of amides is 1. The number of nitrogens with zero attached hydrogens (tertiary/aromatic N) is 2. The van der Waals surface area contributed by atoms with Crippen LogP contribution in [0.25, 0.3) is 0 Å². The van der Waals surface area contributed by atoms with Crippen molar-refractivity contribution in [3.05, 3.63) is 47.8 Å². The number of aryl methyl sites for hydroxylation is 1. The number of fused-ring (bicyclic) bond motifs is 1. The molecule has 0 unspecified atom stereocenters. The van der Waals surface area contributed by atoms with E-state index in [1.807, 2.05) is 13.0 Å². The summed E-state index contributed by atoms with van der Waals surface area (Å²) in [6.07, 6.45) is 3.55. The number of ether oxygens (including phenoxy) is 1. The number of pyridine rings is 1. The van der Waals surface area contributed by atoms with Crippen molar-refractivity contribution < 1.29 is 9.53 Å². The monoisotopic (exact) mass is 269 g/mol. The largest absolute Gasteiger partial charge is 0.482 e. The van der Waals surface area contributed by atoms with E-state index in [9.17, 15) is 4.79 Å². The lowest BCUT2D eigenvalue weighted by atomic mass is 10.1. The third-order valence-corrected chi connectivity index (χ3v) is 3.20. The van der Waals surface area contributed by atoms with E-state index in [0.717, 1.165) is 11.1 Å². The molecular formula is C15H15N3O2. The number of rotatable bonds is 2. The van der Waals surface area contributed by atoms with Gasteiger partial charge < -0.3 is 15.4 Å². The van der Waals surface area contributed by atoms with Crippen LogP contribution in [0.15, 0.2) is 36.7 Å². The van der Waals surface area contributed by atoms with Crippen LogP contribution in [0.2, 0.25) is 0 Å². The number of nitrogens with two attached hydrogens (primary N) is 1. The van der Waals surface area contributed by atoms with Crippen LogP contribution in [0, 0.1) is 6.92 Å². The van der Waals surface area contributed by atoms with Gasteiger partial charge in [-0.3, -0.25) is 9.78 Å². The molecule has 0 saturated heterocycles. The third kappa shape index (κ3) is 2.30. The van der Waals surface area contributed by atoms with Gasteiger partial charge in [0.1, 0.15) is 5.75 Å². The summed E-state index contributed by atoms with van der Waals surface area (Å²) in [6, 6.07) is 7.33. The molecule has 2 N–H and O–H groups in total. The van der Waals surface area contributed by atoms with E-state index in [-0.39, 0.29) is 12.5 Å². The van der Waals surface area contributed by atoms with Crippen molar-refractivity contribution in [1.29, 1.82) is 0 Å². The van der Waals surface area contributed by atoms with Crippen molar-refractivity contribution in [3.63, 3.8) is 0 Å². The van der Waals surface area contributed by atoms with Crippen molar-refractivity contribution in [2.45, 2.75) is 13.5 Å². The van der Waals surface area contributed by atoms with Gasteiger partial charge in [-0.1, -0.05) is 6.07 Å². The van der Waals surface area contributed by atoms with E-state index in [2.05, 4.69) is 4.98 Å². The molecular weight excluding hydrogens is 254 g/mol. The van der Waals surface area contributed by atoms with Gasteiger partial charge in [-0.05, 0) is 36.2 Å². The Morgan fingerprint density at radius 3 is 3.00 bits per heavy atom. The summed E-state index contributed by atoms with van der Waals surface area (Å²) < 4.78 is 5.42. The van der Waals surface area contributed by atoms with Crippen LogP contribution in [-0.4, -0.2) is 17.5 Å². The first-order valence-corrected chi connectivity index (χ1v) is 6.37. The molecule has 1 aromatic heterocycles. The summed E-state index contributed by atoms with van der Waals surface area (Å²) in [5.74, 6) is 0.601. The Balaban J connectivity index is 1.97. The Morgan fingerprint density at radius 2 is 2.20 bits per heavy atom. The van der Waals surface area contributed by atoms with Crippen molar-refractivity contribution in [2.75, 3.05) is 17.2 Å². The zero-order chi connectivity index (χ0) is 14.1. The summed E-state index contributed by atoms with van der Waals surface area (Å²) in [5.41, 5.74) is 9.16. The Kier molecular flexibility index (Phi) is 3.02. The zero-order valence-electron chi connectivity index (χ0n) is 11.2. The van der Waals surface area contributed by atoms with Gasteiger partial charge in [0.25, 0.3) is 5.91 Å². The fourth-order valence-electron chi connectivity index (χ4n) is 2.28. The molecule has 3 rings (SSSR count). The van der Waals surface area contributed by atoms with Gasteiger partial charge in [0, 0.05) is 18.1 Å². The van der Waals surface area contributed by atoms with Gasteiger partial charge in [0.2, 0.25) is 0 Å². The van der Waals surface area contributed by atoms with E-state index in [1.54, 1.807) is 35.5 Å². The lowest BCUT2D eigenvalue weighted by molar-refractivity contribution is -0.121. The van der Waals surface area contributed by atoms with E-state index in [4.69, 9.17) is 10.5 Å². The third-order valence-electron chi connectivity index (χ3n) is 3.20. The normalized spacial score (nSPS) is 13.8. The Bertz CT molecular complexity index is 670. The number of anilines is 2. The number of carbonyl (C=O) groups is 1. The topological polar surface area (TPSA) is 68.5 Å². The van der Waals surface area contributed by atoms with E-state index < -0.39 is 0 Å². The average Bonchev–Trinajstić information content (AvgIpc) is 2.42. The molecule has 1 aliphatic rings. The zero-order valence-corrected chi connectivity index (χ0v) is 11.2. The number of carbonyl (C=O) groups excluding carboxylic acids is 1. The van der Waals surface area contributed by atoms with Crippen LogP contribution >= 0.6 is 0 Å². The Labute approximate surface area is 117 Å². The highest BCUT2D eigenvalue weighted by Gasteiger charge is 2.25. The van der Waals surface area contributed by atoms with Gasteiger partial charge >= 0.3 is 0 Å². The minimum absolute atomic E-state index is 0.0517. The fourth-order valence-corrected chi connectivity index (χ4v) is 2.28. The fraction of sp³-hybridized carbons (Fsp3) is 0.200. The molecule has 2 aromatic rings. The van der Waals surface area contributed by atoms with E-state index >= 15 is 0 Å². The second kappa shape index (κ2) is 4.85. The van der Waals surface area contributed by atoms with Crippen molar-refractivity contribution in [1.82, 2.24) is 4.98 Å². The van der Waals surface area contributed by atoms with Crippen LogP contribution in [0.3, 0.4) is 0 Å². The van der Waals surface area contributed by atoms with Crippen LogP contribution in [-0.2, 0) is 11.3 Å². The summed E-state index contributed by atoms with van der Waals surface area (Å²) in [6.45, 7) is 2.49. The minimum atomic E-state index is -0.0791. The quantitative estimate of drug-likeness (QED) is 0.845. The molecule has 0 bridgehead atoms. The minimum Gasteiger partial charge on any atom is -0.482 e. The summed E-state index contributed by atoms with van der Waals surface area (Å²) in [4.78, 5) is 17.9. The molecule has 1 aliphatic heterocycles. The molecule has 0 atom stereocenters. The lowest BCUT2D eigenvalue weighted by Crippen LogP contribution is -2.38. The highest BCUT2D eigenvalue weighted by molar-refractivity contribution is 5.98. The van der Waals surface area contributed by atoms with Gasteiger partial charge in [-0.2, -0.15) is 0 Å². The smallest absolute Gasteiger partial charge is 0.265 e. The maximum Gasteiger partial charge on any atom is 0.265 e. The molecule has 0 spiro atoms. The summed E-state index contributed by atoms with van der Waals surface area (Å²) in [7, 11) is 0. The molecule has 1 aromatic carbocycles. The summed E-state index contributed by atoms with van der Waals surface area (Å²) >= 11 is 0. The highest BCUT2D eigenvalue weighted by Crippen LogP contribution is 2.34. The first-order valence-electron chi connectivity index (χ1n) is 6.37. The first-order chi connectivity index (χ1) is 9.63. The number of benzene rings is 1. The number of hydrogen-bond acceptors (Lipinski definition) is 4. The average molecular weight is 269 g/mol. The molecule has 1 amide bonds. The van der Waals surface area contributed by atoms with E-state index in [1.165, 1.54) is 0 Å². The molecule has 20 heavy (non-hydrogen) atoms. The SMILES string of the molecule is Cc1cncc(CN2C(=O)COc3ccc(N)cc32)c1.